The predicted molar refractivity (Wildman–Crippen MR) is 92.2 cm³/mol. The fraction of sp³-hybridized carbons (Fsp3) is 0.316. The Balaban J connectivity index is 1.93. The lowest BCUT2D eigenvalue weighted by Crippen LogP contribution is -2.30. The number of ether oxygens (including phenoxy) is 2. The van der Waals surface area contributed by atoms with E-state index in [0.29, 0.717) is 17.2 Å². The van der Waals surface area contributed by atoms with E-state index >= 15 is 0 Å². The van der Waals surface area contributed by atoms with Crippen molar-refractivity contribution in [2.45, 2.75) is 32.8 Å². The highest BCUT2D eigenvalue weighted by Crippen LogP contribution is 2.18. The highest BCUT2D eigenvalue weighted by atomic mass is 16.5. The molecule has 0 aliphatic carbocycles. The maximum atomic E-state index is 12.2. The Labute approximate surface area is 137 Å². The average molecular weight is 313 g/mol. The van der Waals surface area contributed by atoms with Gasteiger partial charge in [-0.05, 0) is 43.2 Å². The number of rotatable bonds is 7. The van der Waals surface area contributed by atoms with E-state index in [9.17, 15) is 4.79 Å². The predicted octanol–water partition coefficient (Wildman–Crippen LogP) is 4.05. The highest BCUT2D eigenvalue weighted by molar-refractivity contribution is 5.94. The zero-order valence-corrected chi connectivity index (χ0v) is 13.8. The number of hydrogen-bond acceptors (Lipinski definition) is 3. The summed E-state index contributed by atoms with van der Waals surface area (Å²) in [7, 11) is 1.59. The first-order valence-corrected chi connectivity index (χ1v) is 7.83. The summed E-state index contributed by atoms with van der Waals surface area (Å²) in [6.45, 7) is 3.88. The third-order valence-corrected chi connectivity index (χ3v) is 3.48. The number of hydrogen-bond donors (Lipinski definition) is 1. The summed E-state index contributed by atoms with van der Waals surface area (Å²) in [5.74, 6) is 1.19. The van der Waals surface area contributed by atoms with Crippen molar-refractivity contribution in [1.82, 2.24) is 0 Å². The first-order chi connectivity index (χ1) is 11.1. The van der Waals surface area contributed by atoms with Crippen LogP contribution >= 0.6 is 0 Å². The van der Waals surface area contributed by atoms with Gasteiger partial charge in [-0.1, -0.05) is 31.5 Å². The van der Waals surface area contributed by atoms with Gasteiger partial charge in [-0.15, -0.1) is 0 Å². The van der Waals surface area contributed by atoms with Crippen LogP contribution in [0.4, 0.5) is 5.69 Å². The maximum absolute atomic E-state index is 12.2. The first-order valence-electron chi connectivity index (χ1n) is 7.83. The van der Waals surface area contributed by atoms with Crippen molar-refractivity contribution in [3.8, 4) is 11.5 Å². The largest absolute Gasteiger partial charge is 0.497 e. The number of carbonyl (C=O) groups excluding carboxylic acids is 1. The van der Waals surface area contributed by atoms with Crippen LogP contribution in [-0.2, 0) is 11.2 Å². The number of amides is 1. The molecule has 4 heteroatoms. The Morgan fingerprint density at radius 1 is 1.13 bits per heavy atom. The molecule has 0 saturated carbocycles. The molecule has 23 heavy (non-hydrogen) atoms. The highest BCUT2D eigenvalue weighted by Gasteiger charge is 2.15. The van der Waals surface area contributed by atoms with Crippen LogP contribution in [-0.4, -0.2) is 19.1 Å². The minimum Gasteiger partial charge on any atom is -0.497 e. The van der Waals surface area contributed by atoms with Crippen LogP contribution in [0, 0.1) is 0 Å². The van der Waals surface area contributed by atoms with Crippen molar-refractivity contribution in [2.24, 2.45) is 0 Å². The average Bonchev–Trinajstić information content (AvgIpc) is 2.57. The van der Waals surface area contributed by atoms with Crippen molar-refractivity contribution in [2.75, 3.05) is 12.4 Å². The number of anilines is 1. The van der Waals surface area contributed by atoms with Crippen LogP contribution in [0.3, 0.4) is 0 Å². The molecule has 0 aliphatic rings. The van der Waals surface area contributed by atoms with Gasteiger partial charge in [0.05, 0.1) is 7.11 Å². The van der Waals surface area contributed by atoms with E-state index in [0.717, 1.165) is 12.8 Å². The fourth-order valence-corrected chi connectivity index (χ4v) is 2.23. The molecule has 0 aromatic heterocycles. The van der Waals surface area contributed by atoms with Crippen LogP contribution in [0.2, 0.25) is 0 Å². The molecule has 0 saturated heterocycles. The number of methoxy groups -OCH3 is 1. The smallest absolute Gasteiger partial charge is 0.265 e. The molecule has 0 aliphatic heterocycles. The molecule has 0 radical (unpaired) electrons. The molecule has 2 aromatic carbocycles. The maximum Gasteiger partial charge on any atom is 0.265 e. The summed E-state index contributed by atoms with van der Waals surface area (Å²) in [5, 5.41) is 2.82. The molecule has 1 amide bonds. The van der Waals surface area contributed by atoms with E-state index in [1.807, 2.05) is 42.5 Å². The Hall–Kier alpha value is -2.49. The SMILES string of the molecule is CCCc1ccc(OC(C)C(=O)Nc2cccc(OC)c2)cc1. The van der Waals surface area contributed by atoms with E-state index < -0.39 is 6.10 Å². The number of carbonyl (C=O) groups is 1. The van der Waals surface area contributed by atoms with Gasteiger partial charge < -0.3 is 14.8 Å². The van der Waals surface area contributed by atoms with Crippen LogP contribution in [0.1, 0.15) is 25.8 Å². The molecule has 2 aromatic rings. The minimum absolute atomic E-state index is 0.198. The van der Waals surface area contributed by atoms with Crippen LogP contribution in [0.5, 0.6) is 11.5 Å². The van der Waals surface area contributed by atoms with Crippen molar-refractivity contribution in [1.29, 1.82) is 0 Å². The molecule has 1 unspecified atom stereocenters. The summed E-state index contributed by atoms with van der Waals surface area (Å²) in [5.41, 5.74) is 1.96. The van der Waals surface area contributed by atoms with E-state index in [1.54, 1.807) is 20.1 Å². The second-order valence-electron chi connectivity index (χ2n) is 5.38. The molecule has 0 bridgehead atoms. The molecular weight excluding hydrogens is 290 g/mol. The summed E-state index contributed by atoms with van der Waals surface area (Å²) in [6, 6.07) is 15.1. The van der Waals surface area contributed by atoms with Gasteiger partial charge in [0.1, 0.15) is 11.5 Å². The number of nitrogens with one attached hydrogen (secondary N) is 1. The lowest BCUT2D eigenvalue weighted by molar-refractivity contribution is -0.122. The van der Waals surface area contributed by atoms with Gasteiger partial charge in [0.15, 0.2) is 6.10 Å². The van der Waals surface area contributed by atoms with E-state index in [1.165, 1.54) is 5.56 Å². The Morgan fingerprint density at radius 2 is 1.87 bits per heavy atom. The van der Waals surface area contributed by atoms with E-state index in [-0.39, 0.29) is 5.91 Å². The lowest BCUT2D eigenvalue weighted by Gasteiger charge is -2.15. The van der Waals surface area contributed by atoms with E-state index in [4.69, 9.17) is 9.47 Å². The van der Waals surface area contributed by atoms with Gasteiger partial charge in [-0.2, -0.15) is 0 Å². The Bertz CT molecular complexity index is 637. The molecule has 0 spiro atoms. The fourth-order valence-electron chi connectivity index (χ4n) is 2.23. The van der Waals surface area contributed by atoms with Crippen LogP contribution in [0.25, 0.3) is 0 Å². The lowest BCUT2D eigenvalue weighted by atomic mass is 10.1. The zero-order valence-electron chi connectivity index (χ0n) is 13.8. The summed E-state index contributed by atoms with van der Waals surface area (Å²) in [6.07, 6.45) is 1.57. The summed E-state index contributed by atoms with van der Waals surface area (Å²) in [4.78, 5) is 12.2. The van der Waals surface area contributed by atoms with Gasteiger partial charge in [-0.25, -0.2) is 0 Å². The molecule has 4 nitrogen and oxygen atoms in total. The van der Waals surface area contributed by atoms with Crippen molar-refractivity contribution in [3.05, 3.63) is 54.1 Å². The van der Waals surface area contributed by atoms with Gasteiger partial charge >= 0.3 is 0 Å². The van der Waals surface area contributed by atoms with Gasteiger partial charge in [0.25, 0.3) is 5.91 Å². The monoisotopic (exact) mass is 313 g/mol. The number of aryl methyl sites for hydroxylation is 1. The quantitative estimate of drug-likeness (QED) is 0.838. The third-order valence-electron chi connectivity index (χ3n) is 3.48. The first kappa shape index (κ1) is 16.9. The molecule has 1 atom stereocenters. The van der Waals surface area contributed by atoms with Crippen molar-refractivity contribution in [3.63, 3.8) is 0 Å². The normalized spacial score (nSPS) is 11.6. The number of benzene rings is 2. The van der Waals surface area contributed by atoms with Crippen LogP contribution in [0.15, 0.2) is 48.5 Å². The minimum atomic E-state index is -0.585. The van der Waals surface area contributed by atoms with Gasteiger partial charge in [0.2, 0.25) is 0 Å². The second kappa shape index (κ2) is 8.22. The molecule has 1 N–H and O–H groups in total. The summed E-state index contributed by atoms with van der Waals surface area (Å²) >= 11 is 0. The molecule has 0 fully saturated rings. The van der Waals surface area contributed by atoms with Crippen LogP contribution < -0.4 is 14.8 Å². The Kier molecular flexibility index (Phi) is 6.03. The summed E-state index contributed by atoms with van der Waals surface area (Å²) < 4.78 is 10.8. The van der Waals surface area contributed by atoms with Gasteiger partial charge in [-0.3, -0.25) is 4.79 Å². The molecule has 0 heterocycles. The molecule has 2 rings (SSSR count). The van der Waals surface area contributed by atoms with Crippen molar-refractivity contribution < 1.29 is 14.3 Å². The zero-order chi connectivity index (χ0) is 16.7. The van der Waals surface area contributed by atoms with E-state index in [2.05, 4.69) is 12.2 Å². The molecular formula is C19H23NO3. The third kappa shape index (κ3) is 5.02. The standard InChI is InChI=1S/C19H23NO3/c1-4-6-15-9-11-17(12-10-15)23-14(2)19(21)20-16-7-5-8-18(13-16)22-3/h5,7-14H,4,6H2,1-3H3,(H,20,21). The molecule has 122 valence electrons. The van der Waals surface area contributed by atoms with Gasteiger partial charge in [0, 0.05) is 11.8 Å². The topological polar surface area (TPSA) is 47.6 Å². The second-order valence-corrected chi connectivity index (χ2v) is 5.38. The van der Waals surface area contributed by atoms with Crippen molar-refractivity contribution >= 4 is 11.6 Å². The Morgan fingerprint density at radius 3 is 2.52 bits per heavy atom.